The van der Waals surface area contributed by atoms with Crippen LogP contribution in [0.3, 0.4) is 0 Å². The lowest BCUT2D eigenvalue weighted by atomic mass is 10.1. The van der Waals surface area contributed by atoms with Gasteiger partial charge in [0.05, 0.1) is 22.6 Å². The largest absolute Gasteiger partial charge is 0.418 e. The van der Waals surface area contributed by atoms with E-state index in [2.05, 4.69) is 10.3 Å². The van der Waals surface area contributed by atoms with Crippen LogP contribution in [0.15, 0.2) is 59.5 Å². The van der Waals surface area contributed by atoms with Crippen LogP contribution in [0, 0.1) is 11.3 Å². The van der Waals surface area contributed by atoms with Crippen molar-refractivity contribution in [3.05, 3.63) is 75.8 Å². The molecule has 3 aromatic rings. The Bertz CT molecular complexity index is 1280. The molecule has 0 aliphatic heterocycles. The number of benzene rings is 2. The normalized spacial score (nSPS) is 11.6. The zero-order valence-electron chi connectivity index (χ0n) is 16.9. The van der Waals surface area contributed by atoms with Crippen molar-refractivity contribution >= 4 is 57.3 Å². The molecule has 0 aliphatic carbocycles. The van der Waals surface area contributed by atoms with E-state index in [1.807, 2.05) is 0 Å². The summed E-state index contributed by atoms with van der Waals surface area (Å²) in [6, 6.07) is 12.7. The summed E-state index contributed by atoms with van der Waals surface area (Å²) < 4.78 is 39.5. The fourth-order valence-corrected chi connectivity index (χ4v) is 3.84. The second-order valence-corrected chi connectivity index (χ2v) is 7.83. The SMILES string of the molecule is CC(=O)N(c1cccc(Cl)c1)c1nc(/C=C(\C#N)C(=O)Nc2ccccc2C(F)(F)F)cs1. The van der Waals surface area contributed by atoms with Gasteiger partial charge in [-0.05, 0) is 36.4 Å². The third kappa shape index (κ3) is 5.77. The number of nitrogens with zero attached hydrogens (tertiary/aromatic N) is 3. The number of nitrogens with one attached hydrogen (secondary N) is 1. The van der Waals surface area contributed by atoms with Gasteiger partial charge in [0.25, 0.3) is 5.91 Å². The average Bonchev–Trinajstić information content (AvgIpc) is 3.19. The quantitative estimate of drug-likeness (QED) is 0.348. The lowest BCUT2D eigenvalue weighted by Gasteiger charge is -2.18. The standard InChI is InChI=1S/C22H14ClF3N4O2S/c1-13(31)30(17-6-4-5-15(23)10-17)21-28-16(12-33-21)9-14(11-27)20(32)29-19-8-3-2-7-18(19)22(24,25)26/h2-10,12H,1H3,(H,29,32)/b14-9+. The molecular weight excluding hydrogens is 477 g/mol. The second-order valence-electron chi connectivity index (χ2n) is 6.56. The van der Waals surface area contributed by atoms with Crippen LogP contribution >= 0.6 is 22.9 Å². The summed E-state index contributed by atoms with van der Waals surface area (Å²) in [6.45, 7) is 1.34. The van der Waals surface area contributed by atoms with Crippen molar-refractivity contribution in [1.82, 2.24) is 4.98 Å². The minimum absolute atomic E-state index is 0.180. The van der Waals surface area contributed by atoms with Gasteiger partial charge in [0.15, 0.2) is 5.13 Å². The van der Waals surface area contributed by atoms with E-state index < -0.39 is 28.9 Å². The Morgan fingerprint density at radius 2 is 1.94 bits per heavy atom. The summed E-state index contributed by atoms with van der Waals surface area (Å²) in [5.74, 6) is -1.37. The van der Waals surface area contributed by atoms with Crippen LogP contribution in [0.4, 0.5) is 29.7 Å². The number of alkyl halides is 3. The number of hydrogen-bond donors (Lipinski definition) is 1. The van der Waals surface area contributed by atoms with Crippen molar-refractivity contribution in [3.63, 3.8) is 0 Å². The lowest BCUT2D eigenvalue weighted by molar-refractivity contribution is -0.137. The molecule has 0 fully saturated rings. The zero-order valence-corrected chi connectivity index (χ0v) is 18.4. The molecule has 11 heteroatoms. The molecule has 0 radical (unpaired) electrons. The first kappa shape index (κ1) is 24.0. The number of carbonyl (C=O) groups is 2. The number of hydrogen-bond acceptors (Lipinski definition) is 5. The Kier molecular flexibility index (Phi) is 7.16. The van der Waals surface area contributed by atoms with E-state index >= 15 is 0 Å². The monoisotopic (exact) mass is 490 g/mol. The van der Waals surface area contributed by atoms with Crippen LogP contribution < -0.4 is 10.2 Å². The smallest absolute Gasteiger partial charge is 0.321 e. The first-order valence-electron chi connectivity index (χ1n) is 9.21. The molecule has 168 valence electrons. The number of carbonyl (C=O) groups excluding carboxylic acids is 2. The summed E-state index contributed by atoms with van der Waals surface area (Å²) in [6.07, 6.45) is -3.55. The van der Waals surface area contributed by atoms with Gasteiger partial charge >= 0.3 is 6.18 Å². The minimum Gasteiger partial charge on any atom is -0.321 e. The predicted molar refractivity (Wildman–Crippen MR) is 120 cm³/mol. The van der Waals surface area contributed by atoms with Crippen molar-refractivity contribution < 1.29 is 22.8 Å². The average molecular weight is 491 g/mol. The molecule has 1 heterocycles. The molecule has 0 spiro atoms. The molecule has 0 saturated carbocycles. The van der Waals surface area contributed by atoms with Crippen LogP contribution in [0.1, 0.15) is 18.2 Å². The highest BCUT2D eigenvalue weighted by atomic mass is 35.5. The number of para-hydroxylation sites is 1. The topological polar surface area (TPSA) is 86.1 Å². The van der Waals surface area contributed by atoms with Gasteiger partial charge in [0, 0.05) is 17.3 Å². The van der Waals surface area contributed by atoms with Crippen LogP contribution in [0.25, 0.3) is 6.08 Å². The van der Waals surface area contributed by atoms with E-state index in [1.165, 1.54) is 29.3 Å². The molecular formula is C22H14ClF3N4O2S. The molecule has 3 rings (SSSR count). The van der Waals surface area contributed by atoms with Gasteiger partial charge in [-0.2, -0.15) is 18.4 Å². The van der Waals surface area contributed by atoms with Crippen LogP contribution in [-0.2, 0) is 15.8 Å². The van der Waals surface area contributed by atoms with Crippen molar-refractivity contribution in [2.75, 3.05) is 10.2 Å². The number of nitriles is 1. The lowest BCUT2D eigenvalue weighted by Crippen LogP contribution is -2.22. The third-order valence-corrected chi connectivity index (χ3v) is 5.30. The number of amides is 2. The van der Waals surface area contributed by atoms with Gasteiger partial charge < -0.3 is 5.32 Å². The highest BCUT2D eigenvalue weighted by molar-refractivity contribution is 7.14. The molecule has 0 aliphatic rings. The molecule has 6 nitrogen and oxygen atoms in total. The number of thiazole rings is 1. The van der Waals surface area contributed by atoms with Gasteiger partial charge in [-0.25, -0.2) is 4.98 Å². The minimum atomic E-state index is -4.68. The van der Waals surface area contributed by atoms with E-state index in [0.29, 0.717) is 10.7 Å². The Morgan fingerprint density at radius 1 is 1.21 bits per heavy atom. The van der Waals surface area contributed by atoms with E-state index in [-0.39, 0.29) is 16.7 Å². The predicted octanol–water partition coefficient (Wildman–Crippen LogP) is 6.05. The summed E-state index contributed by atoms with van der Waals surface area (Å²) >= 11 is 7.08. The van der Waals surface area contributed by atoms with E-state index in [0.717, 1.165) is 29.5 Å². The summed E-state index contributed by atoms with van der Waals surface area (Å²) in [7, 11) is 0. The Morgan fingerprint density at radius 3 is 2.58 bits per heavy atom. The summed E-state index contributed by atoms with van der Waals surface area (Å²) in [4.78, 5) is 30.2. The van der Waals surface area contributed by atoms with Crippen LogP contribution in [0.5, 0.6) is 0 Å². The molecule has 0 atom stereocenters. The van der Waals surface area contributed by atoms with E-state index in [9.17, 15) is 28.0 Å². The third-order valence-electron chi connectivity index (χ3n) is 4.22. The van der Waals surface area contributed by atoms with Gasteiger partial charge in [0.2, 0.25) is 5.91 Å². The molecule has 0 bridgehead atoms. The van der Waals surface area contributed by atoms with Gasteiger partial charge in [-0.15, -0.1) is 11.3 Å². The molecule has 33 heavy (non-hydrogen) atoms. The Hall–Kier alpha value is -3.68. The maximum absolute atomic E-state index is 13.2. The number of aromatic nitrogens is 1. The molecule has 0 saturated heterocycles. The molecule has 2 aromatic carbocycles. The maximum Gasteiger partial charge on any atom is 0.418 e. The fourth-order valence-electron chi connectivity index (χ4n) is 2.81. The molecule has 1 N–H and O–H groups in total. The van der Waals surface area contributed by atoms with Crippen LogP contribution in [0.2, 0.25) is 5.02 Å². The summed E-state index contributed by atoms with van der Waals surface area (Å²) in [5, 5.41) is 13.7. The first-order chi connectivity index (χ1) is 15.6. The van der Waals surface area contributed by atoms with Crippen molar-refractivity contribution in [2.24, 2.45) is 0 Å². The molecule has 2 amide bonds. The van der Waals surface area contributed by atoms with Crippen LogP contribution in [-0.4, -0.2) is 16.8 Å². The fraction of sp³-hybridized carbons (Fsp3) is 0.0909. The van der Waals surface area contributed by atoms with Gasteiger partial charge in [-0.3, -0.25) is 14.5 Å². The first-order valence-corrected chi connectivity index (χ1v) is 10.5. The van der Waals surface area contributed by atoms with Gasteiger partial charge in [0.1, 0.15) is 11.6 Å². The number of halogens is 4. The Balaban J connectivity index is 1.88. The van der Waals surface area contributed by atoms with Crippen molar-refractivity contribution in [2.45, 2.75) is 13.1 Å². The highest BCUT2D eigenvalue weighted by Crippen LogP contribution is 2.35. The van der Waals surface area contributed by atoms with Crippen molar-refractivity contribution in [3.8, 4) is 6.07 Å². The summed E-state index contributed by atoms with van der Waals surface area (Å²) in [5.41, 5.74) is -1.31. The number of anilines is 3. The highest BCUT2D eigenvalue weighted by Gasteiger charge is 2.33. The maximum atomic E-state index is 13.2. The van der Waals surface area contributed by atoms with Crippen molar-refractivity contribution in [1.29, 1.82) is 5.26 Å². The Labute approximate surface area is 195 Å². The zero-order chi connectivity index (χ0) is 24.2. The van der Waals surface area contributed by atoms with Gasteiger partial charge in [-0.1, -0.05) is 29.8 Å². The van der Waals surface area contributed by atoms with E-state index in [4.69, 9.17) is 11.6 Å². The molecule has 1 aromatic heterocycles. The van der Waals surface area contributed by atoms with E-state index in [1.54, 1.807) is 30.3 Å². The second kappa shape index (κ2) is 9.85. The molecule has 0 unspecified atom stereocenters. The number of rotatable bonds is 5.